The number of hydrogen-bond acceptors (Lipinski definition) is 6. The van der Waals surface area contributed by atoms with Crippen LogP contribution in [0.2, 0.25) is 0 Å². The van der Waals surface area contributed by atoms with Gasteiger partial charge in [-0.3, -0.25) is 9.88 Å². The molecule has 0 bridgehead atoms. The number of pyridine rings is 1. The number of rotatable bonds is 5. The van der Waals surface area contributed by atoms with E-state index in [-0.39, 0.29) is 17.8 Å². The lowest BCUT2D eigenvalue weighted by atomic mass is 10.1. The fraction of sp³-hybridized carbons (Fsp3) is 0.217. The van der Waals surface area contributed by atoms with E-state index >= 15 is 0 Å². The van der Waals surface area contributed by atoms with Crippen molar-refractivity contribution in [2.24, 2.45) is 0 Å². The first-order valence-electron chi connectivity index (χ1n) is 10.2. The third kappa shape index (κ3) is 4.02. The molecule has 0 amide bonds. The average molecular weight is 415 g/mol. The van der Waals surface area contributed by atoms with E-state index in [4.69, 9.17) is 5.73 Å². The van der Waals surface area contributed by atoms with Gasteiger partial charge >= 0.3 is 0 Å². The molecule has 1 aliphatic heterocycles. The Bertz CT molecular complexity index is 1170. The zero-order valence-electron chi connectivity index (χ0n) is 16.9. The Labute approximate surface area is 179 Å². The number of nitrogen functional groups attached to an aromatic ring is 1. The van der Waals surface area contributed by atoms with Crippen molar-refractivity contribution < 1.29 is 4.39 Å². The first-order chi connectivity index (χ1) is 15.2. The van der Waals surface area contributed by atoms with Gasteiger partial charge in [0.25, 0.3) is 0 Å². The summed E-state index contributed by atoms with van der Waals surface area (Å²) in [6.07, 6.45) is 6.30. The molecule has 3 aromatic heterocycles. The maximum atomic E-state index is 13.5. The van der Waals surface area contributed by atoms with E-state index in [1.54, 1.807) is 18.3 Å². The lowest BCUT2D eigenvalue weighted by Crippen LogP contribution is -2.21. The fourth-order valence-corrected chi connectivity index (χ4v) is 4.12. The largest absolute Gasteiger partial charge is 0.368 e. The van der Waals surface area contributed by atoms with Crippen LogP contribution in [0.25, 0.3) is 22.6 Å². The molecule has 1 unspecified atom stereocenters. The van der Waals surface area contributed by atoms with Crippen molar-refractivity contribution in [1.29, 1.82) is 0 Å². The van der Waals surface area contributed by atoms with Crippen molar-refractivity contribution in [1.82, 2.24) is 29.4 Å². The summed E-state index contributed by atoms with van der Waals surface area (Å²) in [7, 11) is 0. The van der Waals surface area contributed by atoms with Crippen LogP contribution in [-0.4, -0.2) is 42.5 Å². The molecule has 7 nitrogen and oxygen atoms in total. The molecular formula is C23H22FN7. The molecule has 1 aliphatic rings. The molecule has 8 heteroatoms. The first kappa shape index (κ1) is 19.3. The molecule has 4 heterocycles. The van der Waals surface area contributed by atoms with E-state index < -0.39 is 0 Å². The summed E-state index contributed by atoms with van der Waals surface area (Å²) in [5.74, 6) is -0.0736. The normalized spacial score (nSPS) is 16.6. The van der Waals surface area contributed by atoms with Gasteiger partial charge < -0.3 is 10.3 Å². The van der Waals surface area contributed by atoms with Crippen LogP contribution >= 0.6 is 0 Å². The van der Waals surface area contributed by atoms with Crippen molar-refractivity contribution in [3.8, 4) is 22.6 Å². The maximum Gasteiger partial charge on any atom is 0.220 e. The Morgan fingerprint density at radius 1 is 1.00 bits per heavy atom. The summed E-state index contributed by atoms with van der Waals surface area (Å²) in [5, 5.41) is 0. The number of imidazole rings is 1. The van der Waals surface area contributed by atoms with Crippen molar-refractivity contribution in [3.63, 3.8) is 0 Å². The predicted octanol–water partition coefficient (Wildman–Crippen LogP) is 3.57. The minimum absolute atomic E-state index is 0.207. The molecule has 156 valence electrons. The van der Waals surface area contributed by atoms with Gasteiger partial charge in [0.1, 0.15) is 5.82 Å². The summed E-state index contributed by atoms with van der Waals surface area (Å²) in [6, 6.07) is 14.4. The molecule has 1 saturated heterocycles. The number of benzene rings is 1. The first-order valence-corrected chi connectivity index (χ1v) is 10.2. The van der Waals surface area contributed by atoms with E-state index in [0.717, 1.165) is 48.7 Å². The molecule has 1 aromatic carbocycles. The van der Waals surface area contributed by atoms with Gasteiger partial charge in [-0.1, -0.05) is 6.07 Å². The topological polar surface area (TPSA) is 85.8 Å². The summed E-state index contributed by atoms with van der Waals surface area (Å²) >= 11 is 0. The predicted molar refractivity (Wildman–Crippen MR) is 116 cm³/mol. The van der Waals surface area contributed by atoms with Crippen LogP contribution in [0.3, 0.4) is 0 Å². The minimum atomic E-state index is -0.281. The zero-order valence-corrected chi connectivity index (χ0v) is 16.9. The van der Waals surface area contributed by atoms with Crippen molar-refractivity contribution in [2.45, 2.75) is 19.0 Å². The van der Waals surface area contributed by atoms with Crippen molar-refractivity contribution in [2.75, 3.05) is 18.8 Å². The number of hydrogen-bond donors (Lipinski definition) is 1. The van der Waals surface area contributed by atoms with E-state index in [0.29, 0.717) is 5.69 Å². The van der Waals surface area contributed by atoms with E-state index in [2.05, 4.69) is 29.4 Å². The number of likely N-dealkylation sites (tertiary alicyclic amines) is 1. The molecule has 0 aliphatic carbocycles. The standard InChI is InChI=1S/C23H22FN7/c24-17-6-4-16(5-7-17)21-22(20-8-11-27-23(25)29-20)31(15-28-21)19-9-12-30(14-19)13-18-3-1-2-10-26-18/h1-8,10-11,15,19H,9,12-14H2,(H2,25,27,29). The van der Waals surface area contributed by atoms with Gasteiger partial charge in [-0.2, -0.15) is 0 Å². The van der Waals surface area contributed by atoms with Crippen LogP contribution in [0.5, 0.6) is 0 Å². The van der Waals surface area contributed by atoms with Gasteiger partial charge in [0, 0.05) is 43.6 Å². The highest BCUT2D eigenvalue weighted by Crippen LogP contribution is 2.35. The summed E-state index contributed by atoms with van der Waals surface area (Å²) in [4.78, 5) is 20.0. The second-order valence-corrected chi connectivity index (χ2v) is 7.65. The molecule has 2 N–H and O–H groups in total. The molecule has 4 aromatic rings. The maximum absolute atomic E-state index is 13.5. The number of nitrogens with zero attached hydrogens (tertiary/aromatic N) is 6. The zero-order chi connectivity index (χ0) is 21.2. The van der Waals surface area contributed by atoms with Crippen LogP contribution < -0.4 is 5.73 Å². The van der Waals surface area contributed by atoms with Crippen molar-refractivity contribution >= 4 is 5.95 Å². The van der Waals surface area contributed by atoms with Crippen LogP contribution in [0.15, 0.2) is 67.3 Å². The number of anilines is 1. The monoisotopic (exact) mass is 415 g/mol. The fourth-order valence-electron chi connectivity index (χ4n) is 4.12. The summed E-state index contributed by atoms with van der Waals surface area (Å²) in [6.45, 7) is 2.66. The average Bonchev–Trinajstić information content (AvgIpc) is 3.42. The van der Waals surface area contributed by atoms with Gasteiger partial charge in [-0.05, 0) is 48.9 Å². The quantitative estimate of drug-likeness (QED) is 0.536. The molecule has 1 fully saturated rings. The minimum Gasteiger partial charge on any atom is -0.368 e. The highest BCUT2D eigenvalue weighted by atomic mass is 19.1. The molecule has 1 atom stereocenters. The Morgan fingerprint density at radius 3 is 2.65 bits per heavy atom. The van der Waals surface area contributed by atoms with E-state index in [1.165, 1.54) is 12.1 Å². The molecule has 31 heavy (non-hydrogen) atoms. The van der Waals surface area contributed by atoms with E-state index in [9.17, 15) is 4.39 Å². The van der Waals surface area contributed by atoms with Crippen LogP contribution in [0.1, 0.15) is 18.2 Å². The third-order valence-corrected chi connectivity index (χ3v) is 5.58. The smallest absolute Gasteiger partial charge is 0.220 e. The van der Waals surface area contributed by atoms with Crippen LogP contribution in [0, 0.1) is 5.82 Å². The highest BCUT2D eigenvalue weighted by molar-refractivity contribution is 5.77. The van der Waals surface area contributed by atoms with Gasteiger partial charge in [0.15, 0.2) is 0 Å². The Kier molecular flexibility index (Phi) is 5.13. The molecule has 0 radical (unpaired) electrons. The molecule has 0 spiro atoms. The molecule has 0 saturated carbocycles. The Balaban J connectivity index is 1.49. The highest BCUT2D eigenvalue weighted by Gasteiger charge is 2.28. The Hall–Kier alpha value is -3.65. The number of nitrogens with two attached hydrogens (primary N) is 1. The SMILES string of the molecule is Nc1nccc(-c2c(-c3ccc(F)cc3)ncn2C2CCN(Cc3ccccn3)C2)n1. The lowest BCUT2D eigenvalue weighted by molar-refractivity contribution is 0.313. The second kappa shape index (κ2) is 8.23. The summed E-state index contributed by atoms with van der Waals surface area (Å²) in [5.41, 5.74) is 10.1. The van der Waals surface area contributed by atoms with E-state index in [1.807, 2.05) is 36.8 Å². The molecular weight excluding hydrogens is 393 g/mol. The molecule has 5 rings (SSSR count). The summed E-state index contributed by atoms with van der Waals surface area (Å²) < 4.78 is 15.6. The lowest BCUT2D eigenvalue weighted by Gasteiger charge is -2.18. The van der Waals surface area contributed by atoms with Crippen LogP contribution in [-0.2, 0) is 6.54 Å². The third-order valence-electron chi connectivity index (χ3n) is 5.58. The van der Waals surface area contributed by atoms with Gasteiger partial charge in [0.2, 0.25) is 5.95 Å². The number of aromatic nitrogens is 5. The number of halogens is 1. The van der Waals surface area contributed by atoms with Gasteiger partial charge in [-0.25, -0.2) is 19.3 Å². The second-order valence-electron chi connectivity index (χ2n) is 7.65. The van der Waals surface area contributed by atoms with Crippen molar-refractivity contribution in [3.05, 3.63) is 78.8 Å². The van der Waals surface area contributed by atoms with Gasteiger partial charge in [0.05, 0.1) is 29.1 Å². The van der Waals surface area contributed by atoms with Crippen LogP contribution in [0.4, 0.5) is 10.3 Å². The van der Waals surface area contributed by atoms with Gasteiger partial charge in [-0.15, -0.1) is 0 Å². The Morgan fingerprint density at radius 2 is 1.87 bits per heavy atom.